The summed E-state index contributed by atoms with van der Waals surface area (Å²) >= 11 is 0. The molecule has 1 unspecified atom stereocenters. The van der Waals surface area contributed by atoms with Crippen molar-refractivity contribution in [2.24, 2.45) is 4.99 Å². The van der Waals surface area contributed by atoms with E-state index < -0.39 is 0 Å². The number of amides is 1. The number of carbonyl (C=O) groups excluding carboxylic acids is 1. The number of unbranched alkanes of at least 4 members (excludes halogenated alkanes) is 1. The Morgan fingerprint density at radius 2 is 2.07 bits per heavy atom. The predicted molar refractivity (Wildman–Crippen MR) is 124 cm³/mol. The number of aliphatic imine (C=N–C) groups is 1. The van der Waals surface area contributed by atoms with Gasteiger partial charge in [0.2, 0.25) is 5.91 Å². The van der Waals surface area contributed by atoms with Crippen LogP contribution in [0.4, 0.5) is 0 Å². The Kier molecular flexibility index (Phi) is 11.2. The van der Waals surface area contributed by atoms with Gasteiger partial charge in [0.25, 0.3) is 5.56 Å². The number of nitrogens with zero attached hydrogens (tertiary/aromatic N) is 3. The summed E-state index contributed by atoms with van der Waals surface area (Å²) in [6.45, 7) is 9.70. The quantitative estimate of drug-likeness (QED) is 0.247. The first-order valence-corrected chi connectivity index (χ1v) is 10.0. The summed E-state index contributed by atoms with van der Waals surface area (Å²) in [7, 11) is 0. The van der Waals surface area contributed by atoms with E-state index in [9.17, 15) is 9.59 Å². The van der Waals surface area contributed by atoms with E-state index in [0.29, 0.717) is 13.0 Å². The normalized spacial score (nSPS) is 16.6. The molecule has 7 nitrogen and oxygen atoms in total. The molecule has 1 saturated heterocycles. The fourth-order valence-corrected chi connectivity index (χ4v) is 3.32. The number of rotatable bonds is 8. The van der Waals surface area contributed by atoms with Gasteiger partial charge in [-0.3, -0.25) is 14.6 Å². The Hall–Kier alpha value is -1.58. The number of nitrogens with one attached hydrogen (secondary N) is 2. The van der Waals surface area contributed by atoms with Gasteiger partial charge < -0.3 is 20.1 Å². The highest BCUT2D eigenvalue weighted by atomic mass is 127. The van der Waals surface area contributed by atoms with E-state index in [0.717, 1.165) is 57.1 Å². The monoisotopic (exact) mass is 503 g/mol. The molecule has 0 aromatic carbocycles. The van der Waals surface area contributed by atoms with Gasteiger partial charge in [-0.05, 0) is 39.2 Å². The maximum atomic E-state index is 11.9. The summed E-state index contributed by atoms with van der Waals surface area (Å²) in [5.41, 5.74) is 1.05. The first-order chi connectivity index (χ1) is 13.0. The first-order valence-electron chi connectivity index (χ1n) is 10.0. The van der Waals surface area contributed by atoms with Gasteiger partial charge in [-0.25, -0.2) is 0 Å². The Bertz CT molecular complexity index is 704. The fourth-order valence-electron chi connectivity index (χ4n) is 3.32. The van der Waals surface area contributed by atoms with Crippen molar-refractivity contribution in [1.82, 2.24) is 20.1 Å². The van der Waals surface area contributed by atoms with Crippen molar-refractivity contribution in [1.29, 1.82) is 0 Å². The first kappa shape index (κ1) is 24.5. The summed E-state index contributed by atoms with van der Waals surface area (Å²) in [6, 6.07) is 5.61. The van der Waals surface area contributed by atoms with Crippen molar-refractivity contribution >= 4 is 35.8 Å². The molecule has 1 aromatic heterocycles. The van der Waals surface area contributed by atoms with Crippen LogP contribution in [0.5, 0.6) is 0 Å². The number of hydrogen-bond acceptors (Lipinski definition) is 3. The molecular weight excluding hydrogens is 469 g/mol. The summed E-state index contributed by atoms with van der Waals surface area (Å²) < 4.78 is 1.81. The van der Waals surface area contributed by atoms with E-state index in [1.54, 1.807) is 12.1 Å². The molecule has 2 heterocycles. The average Bonchev–Trinajstić information content (AvgIpc) is 3.11. The lowest BCUT2D eigenvalue weighted by atomic mass is 10.2. The number of aromatic nitrogens is 1. The highest BCUT2D eigenvalue weighted by Gasteiger charge is 2.25. The van der Waals surface area contributed by atoms with Crippen LogP contribution >= 0.6 is 24.0 Å². The number of pyridine rings is 1. The van der Waals surface area contributed by atoms with E-state index in [-0.39, 0.29) is 41.5 Å². The van der Waals surface area contributed by atoms with Crippen LogP contribution in [0.2, 0.25) is 0 Å². The van der Waals surface area contributed by atoms with Crippen molar-refractivity contribution in [2.75, 3.05) is 26.2 Å². The molecule has 1 aliphatic rings. The van der Waals surface area contributed by atoms with E-state index >= 15 is 0 Å². The van der Waals surface area contributed by atoms with Crippen molar-refractivity contribution in [3.8, 4) is 0 Å². The van der Waals surface area contributed by atoms with Crippen molar-refractivity contribution < 1.29 is 4.79 Å². The highest BCUT2D eigenvalue weighted by Crippen LogP contribution is 2.10. The van der Waals surface area contributed by atoms with Gasteiger partial charge in [0.05, 0.1) is 0 Å². The fraction of sp³-hybridized carbons (Fsp3) is 0.650. The average molecular weight is 503 g/mol. The molecule has 1 aromatic rings. The van der Waals surface area contributed by atoms with Gasteiger partial charge in [0.15, 0.2) is 5.96 Å². The summed E-state index contributed by atoms with van der Waals surface area (Å²) in [4.78, 5) is 30.2. The SMILES string of the molecule is CCNC(=NCCCCn1c(C)cccc1=O)NC1CCN(C(=O)CC)C1.I. The third kappa shape index (κ3) is 7.44. The van der Waals surface area contributed by atoms with Crippen molar-refractivity contribution in [2.45, 2.75) is 59.0 Å². The van der Waals surface area contributed by atoms with Crippen LogP contribution in [0.3, 0.4) is 0 Å². The van der Waals surface area contributed by atoms with Crippen LogP contribution in [-0.4, -0.2) is 53.6 Å². The Balaban J connectivity index is 0.00000392. The summed E-state index contributed by atoms with van der Waals surface area (Å²) in [5.74, 6) is 1.02. The molecule has 2 N–H and O–H groups in total. The van der Waals surface area contributed by atoms with E-state index in [4.69, 9.17) is 0 Å². The molecular formula is C20H34IN5O2. The zero-order chi connectivity index (χ0) is 19.6. The van der Waals surface area contributed by atoms with Crippen LogP contribution in [0.25, 0.3) is 0 Å². The van der Waals surface area contributed by atoms with Crippen molar-refractivity contribution in [3.05, 3.63) is 34.2 Å². The molecule has 0 saturated carbocycles. The lowest BCUT2D eigenvalue weighted by Gasteiger charge is -2.18. The molecule has 0 radical (unpaired) electrons. The number of likely N-dealkylation sites (tertiary alicyclic amines) is 1. The summed E-state index contributed by atoms with van der Waals surface area (Å²) in [5, 5.41) is 6.72. The Labute approximate surface area is 185 Å². The topological polar surface area (TPSA) is 78.7 Å². The van der Waals surface area contributed by atoms with Crippen molar-refractivity contribution in [3.63, 3.8) is 0 Å². The lowest BCUT2D eigenvalue weighted by molar-refractivity contribution is -0.129. The van der Waals surface area contributed by atoms with Gasteiger partial charge >= 0.3 is 0 Å². The minimum absolute atomic E-state index is 0. The minimum atomic E-state index is 0. The van der Waals surface area contributed by atoms with Crippen LogP contribution in [0.1, 0.15) is 45.2 Å². The molecule has 0 spiro atoms. The molecule has 0 aliphatic carbocycles. The number of aryl methyl sites for hydroxylation is 1. The molecule has 8 heteroatoms. The zero-order valence-electron chi connectivity index (χ0n) is 17.2. The second kappa shape index (κ2) is 12.8. The molecule has 158 valence electrons. The largest absolute Gasteiger partial charge is 0.357 e. The van der Waals surface area contributed by atoms with Gasteiger partial charge in [0, 0.05) is 56.9 Å². The predicted octanol–water partition coefficient (Wildman–Crippen LogP) is 2.12. The van der Waals surface area contributed by atoms with Crippen LogP contribution in [0, 0.1) is 6.92 Å². The number of hydrogen-bond donors (Lipinski definition) is 2. The molecule has 2 rings (SSSR count). The van der Waals surface area contributed by atoms with Crippen LogP contribution < -0.4 is 16.2 Å². The number of guanidine groups is 1. The maximum Gasteiger partial charge on any atom is 0.250 e. The standard InChI is InChI=1S/C20H33N5O2.HI/c1-4-18(26)24-14-11-17(15-24)23-20(21-5-2)22-12-6-7-13-25-16(3)9-8-10-19(25)27;/h8-10,17H,4-7,11-15H2,1-3H3,(H2,21,22,23);1H. The zero-order valence-corrected chi connectivity index (χ0v) is 19.6. The molecule has 1 fully saturated rings. The smallest absolute Gasteiger partial charge is 0.250 e. The number of halogens is 1. The second-order valence-electron chi connectivity index (χ2n) is 6.95. The minimum Gasteiger partial charge on any atom is -0.357 e. The number of carbonyl (C=O) groups is 1. The summed E-state index contributed by atoms with van der Waals surface area (Å²) in [6.07, 6.45) is 3.34. The molecule has 1 amide bonds. The third-order valence-electron chi connectivity index (χ3n) is 4.86. The second-order valence-corrected chi connectivity index (χ2v) is 6.95. The Morgan fingerprint density at radius 1 is 1.29 bits per heavy atom. The maximum absolute atomic E-state index is 11.9. The van der Waals surface area contributed by atoms with Gasteiger partial charge in [-0.15, -0.1) is 24.0 Å². The third-order valence-corrected chi connectivity index (χ3v) is 4.86. The van der Waals surface area contributed by atoms with Crippen LogP contribution in [-0.2, 0) is 11.3 Å². The van der Waals surface area contributed by atoms with Gasteiger partial charge in [-0.2, -0.15) is 0 Å². The van der Waals surface area contributed by atoms with E-state index in [1.165, 1.54) is 0 Å². The van der Waals surface area contributed by atoms with E-state index in [2.05, 4.69) is 15.6 Å². The highest BCUT2D eigenvalue weighted by molar-refractivity contribution is 14.0. The van der Waals surface area contributed by atoms with Gasteiger partial charge in [0.1, 0.15) is 0 Å². The molecule has 0 bridgehead atoms. The Morgan fingerprint density at radius 3 is 2.75 bits per heavy atom. The lowest BCUT2D eigenvalue weighted by Crippen LogP contribution is -2.45. The molecule has 1 aliphatic heterocycles. The van der Waals surface area contributed by atoms with Crippen LogP contribution in [0.15, 0.2) is 28.0 Å². The van der Waals surface area contributed by atoms with E-state index in [1.807, 2.05) is 36.3 Å². The molecule has 28 heavy (non-hydrogen) atoms. The van der Waals surface area contributed by atoms with Gasteiger partial charge in [-0.1, -0.05) is 13.0 Å². The molecule has 1 atom stereocenters.